The van der Waals surface area contributed by atoms with Gasteiger partial charge in [0.05, 0.1) is 5.56 Å². The Kier molecular flexibility index (Phi) is 3.25. The Bertz CT molecular complexity index is 785. The van der Waals surface area contributed by atoms with E-state index in [1.165, 1.54) is 36.4 Å². The van der Waals surface area contributed by atoms with Gasteiger partial charge in [-0.3, -0.25) is 4.79 Å². The average Bonchev–Trinajstić information content (AvgIpc) is 2.47. The second-order valence-corrected chi connectivity index (χ2v) is 5.21. The number of fused-ring (bicyclic) bond motifs is 1. The van der Waals surface area contributed by atoms with Crippen LogP contribution in [-0.2, 0) is 6.42 Å². The smallest absolute Gasteiger partial charge is 0.189 e. The molecule has 0 bridgehead atoms. The van der Waals surface area contributed by atoms with Crippen LogP contribution >= 0.6 is 0 Å². The number of Topliss-reactive ketones (excluding diaryl/α,β-unsaturated/α-hetero) is 1. The normalized spacial score (nSPS) is 15.8. The number of phenolic OH excluding ortho intramolecular Hbond substituents is 4. The molecule has 1 aliphatic carbocycles. The lowest BCUT2D eigenvalue weighted by molar-refractivity contribution is 0.102. The van der Waals surface area contributed by atoms with Crippen LogP contribution in [0.3, 0.4) is 0 Å². The third-order valence-corrected chi connectivity index (χ3v) is 3.78. The average molecular weight is 298 g/mol. The van der Waals surface area contributed by atoms with Crippen molar-refractivity contribution in [2.24, 2.45) is 0 Å². The van der Waals surface area contributed by atoms with E-state index in [1.54, 1.807) is 0 Å². The molecule has 0 unspecified atom stereocenters. The number of hydrogen-bond donors (Lipinski definition) is 4. The third-order valence-electron chi connectivity index (χ3n) is 3.78. The van der Waals surface area contributed by atoms with Crippen LogP contribution in [0.1, 0.15) is 27.9 Å². The molecule has 112 valence electrons. The summed E-state index contributed by atoms with van der Waals surface area (Å²) in [7, 11) is 0. The first-order valence-corrected chi connectivity index (χ1v) is 6.78. The van der Waals surface area contributed by atoms with E-state index >= 15 is 0 Å². The summed E-state index contributed by atoms with van der Waals surface area (Å²) in [5.74, 6) is -1.12. The Balaban J connectivity index is 2.06. The van der Waals surface area contributed by atoms with Crippen LogP contribution in [0.4, 0.5) is 0 Å². The molecule has 2 aromatic rings. The summed E-state index contributed by atoms with van der Waals surface area (Å²) < 4.78 is 0. The Labute approximate surface area is 126 Å². The summed E-state index contributed by atoms with van der Waals surface area (Å²) in [5, 5.41) is 38.6. The maximum Gasteiger partial charge on any atom is 0.189 e. The third kappa shape index (κ3) is 2.26. The summed E-state index contributed by atoms with van der Waals surface area (Å²) in [6.45, 7) is 0. The van der Waals surface area contributed by atoms with Crippen LogP contribution in [0.15, 0.2) is 35.9 Å². The Morgan fingerprint density at radius 2 is 1.50 bits per heavy atom. The number of carbonyl (C=O) groups is 1. The molecule has 0 fully saturated rings. The van der Waals surface area contributed by atoms with Gasteiger partial charge < -0.3 is 20.4 Å². The number of allylic oxidation sites excluding steroid dienone is 1. The monoisotopic (exact) mass is 298 g/mol. The van der Waals surface area contributed by atoms with Crippen molar-refractivity contribution in [3.63, 3.8) is 0 Å². The maximum absolute atomic E-state index is 12.5. The molecule has 5 nitrogen and oxygen atoms in total. The molecule has 0 amide bonds. The molecular weight excluding hydrogens is 284 g/mol. The largest absolute Gasteiger partial charge is 0.507 e. The van der Waals surface area contributed by atoms with E-state index in [9.17, 15) is 25.2 Å². The molecular formula is C17H14O5. The van der Waals surface area contributed by atoms with Crippen molar-refractivity contribution in [2.45, 2.75) is 12.8 Å². The Morgan fingerprint density at radius 3 is 2.18 bits per heavy atom. The van der Waals surface area contributed by atoms with Crippen molar-refractivity contribution < 1.29 is 25.2 Å². The fourth-order valence-corrected chi connectivity index (χ4v) is 2.60. The van der Waals surface area contributed by atoms with Gasteiger partial charge in [0.15, 0.2) is 17.3 Å². The molecule has 0 atom stereocenters. The fourth-order valence-electron chi connectivity index (χ4n) is 2.60. The van der Waals surface area contributed by atoms with E-state index in [-0.39, 0.29) is 34.3 Å². The van der Waals surface area contributed by atoms with Crippen molar-refractivity contribution >= 4 is 11.9 Å². The molecule has 0 saturated carbocycles. The number of phenols is 4. The fraction of sp³-hybridized carbons (Fsp3) is 0.118. The van der Waals surface area contributed by atoms with E-state index in [1.807, 2.05) is 0 Å². The van der Waals surface area contributed by atoms with Crippen molar-refractivity contribution in [3.05, 3.63) is 52.6 Å². The minimum absolute atomic E-state index is 0.111. The standard InChI is InChI=1S/C17H14O5/c18-13-2-1-3-14(19)12(13)6-10-5-4-9-7-15(20)16(21)8-11(9)17(10)22/h1-3,6-8,18-21H,4-5H2/b10-6+. The van der Waals surface area contributed by atoms with E-state index in [0.29, 0.717) is 29.5 Å². The number of hydrogen-bond acceptors (Lipinski definition) is 5. The minimum atomic E-state index is -0.348. The molecule has 0 saturated heterocycles. The summed E-state index contributed by atoms with van der Waals surface area (Å²) >= 11 is 0. The topological polar surface area (TPSA) is 98.0 Å². The van der Waals surface area contributed by atoms with E-state index in [4.69, 9.17) is 0 Å². The van der Waals surface area contributed by atoms with Crippen LogP contribution in [0.2, 0.25) is 0 Å². The highest BCUT2D eigenvalue weighted by Crippen LogP contribution is 2.36. The number of aromatic hydroxyl groups is 4. The van der Waals surface area contributed by atoms with Gasteiger partial charge in [0.25, 0.3) is 0 Å². The number of aryl methyl sites for hydroxylation is 1. The number of rotatable bonds is 1. The summed E-state index contributed by atoms with van der Waals surface area (Å²) in [6, 6.07) is 6.99. The molecule has 22 heavy (non-hydrogen) atoms. The van der Waals surface area contributed by atoms with Crippen LogP contribution in [-0.4, -0.2) is 26.2 Å². The second kappa shape index (κ2) is 5.11. The van der Waals surface area contributed by atoms with Gasteiger partial charge >= 0.3 is 0 Å². The van der Waals surface area contributed by atoms with Crippen LogP contribution in [0.5, 0.6) is 23.0 Å². The molecule has 3 rings (SSSR count). The summed E-state index contributed by atoms with van der Waals surface area (Å²) in [6.07, 6.45) is 2.40. The van der Waals surface area contributed by atoms with Crippen molar-refractivity contribution in [1.82, 2.24) is 0 Å². The van der Waals surface area contributed by atoms with Crippen molar-refractivity contribution in [2.75, 3.05) is 0 Å². The summed E-state index contributed by atoms with van der Waals surface area (Å²) in [4.78, 5) is 12.5. The lowest BCUT2D eigenvalue weighted by atomic mass is 9.85. The Hall–Kier alpha value is -2.95. The van der Waals surface area contributed by atoms with Crippen molar-refractivity contribution in [3.8, 4) is 23.0 Å². The highest BCUT2D eigenvalue weighted by Gasteiger charge is 2.24. The zero-order valence-electron chi connectivity index (χ0n) is 11.6. The predicted octanol–water partition coefficient (Wildman–Crippen LogP) is 2.72. The lowest BCUT2D eigenvalue weighted by Gasteiger charge is -2.18. The highest BCUT2D eigenvalue weighted by molar-refractivity contribution is 6.13. The Morgan fingerprint density at radius 1 is 0.864 bits per heavy atom. The molecule has 0 aliphatic heterocycles. The van der Waals surface area contributed by atoms with Gasteiger partial charge in [0, 0.05) is 11.1 Å². The van der Waals surface area contributed by atoms with Gasteiger partial charge in [-0.1, -0.05) is 6.07 Å². The minimum Gasteiger partial charge on any atom is -0.507 e. The molecule has 2 aromatic carbocycles. The molecule has 4 N–H and O–H groups in total. The van der Waals surface area contributed by atoms with Crippen LogP contribution < -0.4 is 0 Å². The van der Waals surface area contributed by atoms with Gasteiger partial charge in [0.1, 0.15) is 11.5 Å². The number of ketones is 1. The van der Waals surface area contributed by atoms with E-state index in [0.717, 1.165) is 0 Å². The number of carbonyl (C=O) groups excluding carboxylic acids is 1. The zero-order valence-corrected chi connectivity index (χ0v) is 11.6. The molecule has 0 radical (unpaired) electrons. The first-order valence-electron chi connectivity index (χ1n) is 6.78. The first-order chi connectivity index (χ1) is 10.5. The molecule has 0 spiro atoms. The summed E-state index contributed by atoms with van der Waals surface area (Å²) in [5.41, 5.74) is 1.60. The van der Waals surface area contributed by atoms with Crippen molar-refractivity contribution in [1.29, 1.82) is 0 Å². The van der Waals surface area contributed by atoms with Gasteiger partial charge in [0.2, 0.25) is 0 Å². The molecule has 0 aromatic heterocycles. The van der Waals surface area contributed by atoms with E-state index in [2.05, 4.69) is 0 Å². The van der Waals surface area contributed by atoms with E-state index < -0.39 is 0 Å². The first kappa shape index (κ1) is 14.0. The SMILES string of the molecule is O=C1/C(=C/c2c(O)cccc2O)CCc2cc(O)c(O)cc21. The van der Waals surface area contributed by atoms with Gasteiger partial charge in [-0.15, -0.1) is 0 Å². The molecule has 0 heterocycles. The van der Waals surface area contributed by atoms with Gasteiger partial charge in [-0.05, 0) is 48.7 Å². The number of benzene rings is 2. The highest BCUT2D eigenvalue weighted by atomic mass is 16.3. The van der Waals surface area contributed by atoms with Gasteiger partial charge in [-0.25, -0.2) is 0 Å². The lowest BCUT2D eigenvalue weighted by Crippen LogP contribution is -2.14. The zero-order chi connectivity index (χ0) is 15.9. The van der Waals surface area contributed by atoms with Gasteiger partial charge in [-0.2, -0.15) is 0 Å². The van der Waals surface area contributed by atoms with Crippen LogP contribution in [0.25, 0.3) is 6.08 Å². The van der Waals surface area contributed by atoms with Crippen LogP contribution in [0, 0.1) is 0 Å². The predicted molar refractivity (Wildman–Crippen MR) is 80.2 cm³/mol. The quantitative estimate of drug-likeness (QED) is 0.479. The second-order valence-electron chi connectivity index (χ2n) is 5.21. The molecule has 5 heteroatoms. The maximum atomic E-state index is 12.5. The molecule has 1 aliphatic rings.